The van der Waals surface area contributed by atoms with Crippen LogP contribution < -0.4 is 5.73 Å². The van der Waals surface area contributed by atoms with Gasteiger partial charge in [-0.1, -0.05) is 24.9 Å². The molecule has 0 unspecified atom stereocenters. The summed E-state index contributed by atoms with van der Waals surface area (Å²) in [6, 6.07) is 0. The van der Waals surface area contributed by atoms with E-state index in [0.717, 1.165) is 11.9 Å². The molecule has 1 rings (SSSR count). The standard InChI is InChI=1S/C7H16N4Si/c1-12(2,3)6-11-5-7(4-8)9-10-11/h5H,4,6,8H2,1-3H3. The van der Waals surface area contributed by atoms with Gasteiger partial charge in [0.1, 0.15) is 0 Å². The van der Waals surface area contributed by atoms with Gasteiger partial charge in [-0.05, 0) is 0 Å². The predicted octanol–water partition coefficient (Wildman–Crippen LogP) is 0.614. The van der Waals surface area contributed by atoms with Gasteiger partial charge in [0.2, 0.25) is 0 Å². The molecule has 0 aliphatic heterocycles. The first kappa shape index (κ1) is 9.41. The summed E-state index contributed by atoms with van der Waals surface area (Å²) in [5.74, 6) is 0. The summed E-state index contributed by atoms with van der Waals surface area (Å²) in [6.45, 7) is 7.39. The first-order chi connectivity index (χ1) is 5.51. The highest BCUT2D eigenvalue weighted by Crippen LogP contribution is 2.03. The van der Waals surface area contributed by atoms with Crippen LogP contribution in [-0.2, 0) is 12.7 Å². The van der Waals surface area contributed by atoms with E-state index in [2.05, 4.69) is 30.0 Å². The molecule has 5 heteroatoms. The maximum atomic E-state index is 5.42. The number of rotatable bonds is 3. The van der Waals surface area contributed by atoms with Crippen molar-refractivity contribution < 1.29 is 0 Å². The minimum absolute atomic E-state index is 0.478. The third kappa shape index (κ3) is 2.75. The molecule has 0 radical (unpaired) electrons. The lowest BCUT2D eigenvalue weighted by molar-refractivity contribution is 0.680. The van der Waals surface area contributed by atoms with Gasteiger partial charge in [-0.2, -0.15) is 0 Å². The van der Waals surface area contributed by atoms with Gasteiger partial charge in [-0.3, -0.25) is 4.68 Å². The van der Waals surface area contributed by atoms with Crippen molar-refractivity contribution in [2.24, 2.45) is 5.73 Å². The summed E-state index contributed by atoms with van der Waals surface area (Å²) in [6.07, 6.45) is 2.94. The Labute approximate surface area is 73.8 Å². The molecule has 1 heterocycles. The van der Waals surface area contributed by atoms with Gasteiger partial charge in [0.05, 0.1) is 13.8 Å². The molecule has 0 bridgehead atoms. The summed E-state index contributed by atoms with van der Waals surface area (Å²) < 4.78 is 1.90. The van der Waals surface area contributed by atoms with Crippen molar-refractivity contribution in [3.63, 3.8) is 0 Å². The molecule has 68 valence electrons. The molecule has 0 amide bonds. The molecular weight excluding hydrogens is 168 g/mol. The lowest BCUT2D eigenvalue weighted by Crippen LogP contribution is -2.28. The first-order valence-corrected chi connectivity index (χ1v) is 7.81. The molecule has 0 fully saturated rings. The van der Waals surface area contributed by atoms with Crippen LogP contribution in [0.1, 0.15) is 5.69 Å². The quantitative estimate of drug-likeness (QED) is 0.700. The molecule has 1 aromatic rings. The van der Waals surface area contributed by atoms with Crippen molar-refractivity contribution in [2.75, 3.05) is 0 Å². The lowest BCUT2D eigenvalue weighted by atomic mass is 10.5. The topological polar surface area (TPSA) is 56.7 Å². The van der Waals surface area contributed by atoms with Crippen molar-refractivity contribution in [3.05, 3.63) is 11.9 Å². The summed E-state index contributed by atoms with van der Waals surface area (Å²) >= 11 is 0. The lowest BCUT2D eigenvalue weighted by Gasteiger charge is -2.14. The fourth-order valence-electron chi connectivity index (χ4n) is 0.995. The normalized spacial score (nSPS) is 12.0. The number of hydrogen-bond acceptors (Lipinski definition) is 3. The van der Waals surface area contributed by atoms with Crippen LogP contribution in [0, 0.1) is 0 Å². The third-order valence-electron chi connectivity index (χ3n) is 1.43. The zero-order valence-corrected chi connectivity index (χ0v) is 8.91. The second-order valence-electron chi connectivity index (χ2n) is 4.17. The summed E-state index contributed by atoms with van der Waals surface area (Å²) in [7, 11) is -1.08. The number of hydrogen-bond donors (Lipinski definition) is 1. The molecule has 0 aliphatic carbocycles. The second kappa shape index (κ2) is 3.36. The minimum Gasteiger partial charge on any atom is -0.325 e. The molecule has 0 saturated heterocycles. The molecule has 2 N–H and O–H groups in total. The Balaban J connectivity index is 2.64. The van der Waals surface area contributed by atoms with Crippen molar-refractivity contribution >= 4 is 8.07 Å². The highest BCUT2D eigenvalue weighted by atomic mass is 28.3. The van der Waals surface area contributed by atoms with E-state index in [-0.39, 0.29) is 0 Å². The molecule has 0 spiro atoms. The Morgan fingerprint density at radius 1 is 1.50 bits per heavy atom. The number of nitrogens with zero attached hydrogens (tertiary/aromatic N) is 3. The van der Waals surface area contributed by atoms with Gasteiger partial charge < -0.3 is 5.73 Å². The highest BCUT2D eigenvalue weighted by molar-refractivity contribution is 6.74. The minimum atomic E-state index is -1.08. The number of nitrogens with two attached hydrogens (primary N) is 1. The molecule has 4 nitrogen and oxygen atoms in total. The zero-order chi connectivity index (χ0) is 9.19. The highest BCUT2D eigenvalue weighted by Gasteiger charge is 2.14. The van der Waals surface area contributed by atoms with E-state index < -0.39 is 8.07 Å². The second-order valence-corrected chi connectivity index (χ2v) is 9.61. The molecule has 0 aliphatic rings. The summed E-state index contributed by atoms with van der Waals surface area (Å²) in [5, 5.41) is 7.92. The molecule has 1 aromatic heterocycles. The smallest absolute Gasteiger partial charge is 0.0962 e. The fourth-order valence-corrected chi connectivity index (χ4v) is 2.12. The van der Waals surface area contributed by atoms with Crippen LogP contribution in [0.5, 0.6) is 0 Å². The molecule has 0 aromatic carbocycles. The largest absolute Gasteiger partial charge is 0.325 e. The summed E-state index contributed by atoms with van der Waals surface area (Å²) in [4.78, 5) is 0. The van der Waals surface area contributed by atoms with E-state index in [1.165, 1.54) is 0 Å². The average molecular weight is 184 g/mol. The van der Waals surface area contributed by atoms with Crippen LogP contribution in [0.4, 0.5) is 0 Å². The van der Waals surface area contributed by atoms with Crippen LogP contribution in [0.3, 0.4) is 0 Å². The number of aromatic nitrogens is 3. The Morgan fingerprint density at radius 3 is 2.58 bits per heavy atom. The van der Waals surface area contributed by atoms with Crippen molar-refractivity contribution in [1.29, 1.82) is 0 Å². The van der Waals surface area contributed by atoms with Crippen molar-refractivity contribution in [2.45, 2.75) is 32.4 Å². The van der Waals surface area contributed by atoms with Gasteiger partial charge >= 0.3 is 0 Å². The molecule has 12 heavy (non-hydrogen) atoms. The van der Waals surface area contributed by atoms with Crippen LogP contribution >= 0.6 is 0 Å². The van der Waals surface area contributed by atoms with E-state index >= 15 is 0 Å². The van der Waals surface area contributed by atoms with Gasteiger partial charge in [0, 0.05) is 18.9 Å². The van der Waals surface area contributed by atoms with Crippen LogP contribution in [0.15, 0.2) is 6.20 Å². The molecular formula is C7H16N4Si. The van der Waals surface area contributed by atoms with Crippen LogP contribution in [0.2, 0.25) is 19.6 Å². The first-order valence-electron chi connectivity index (χ1n) is 4.10. The van der Waals surface area contributed by atoms with E-state index in [1.807, 2.05) is 10.9 Å². The molecule has 0 atom stereocenters. The zero-order valence-electron chi connectivity index (χ0n) is 7.91. The summed E-state index contributed by atoms with van der Waals surface area (Å²) in [5.41, 5.74) is 6.29. The van der Waals surface area contributed by atoms with Crippen molar-refractivity contribution in [3.8, 4) is 0 Å². The Hall–Kier alpha value is -0.683. The predicted molar refractivity (Wildman–Crippen MR) is 51.3 cm³/mol. The maximum absolute atomic E-state index is 5.42. The van der Waals surface area contributed by atoms with Gasteiger partial charge in [0.25, 0.3) is 0 Å². The Kier molecular flexibility index (Phi) is 2.64. The van der Waals surface area contributed by atoms with Gasteiger partial charge in [0.15, 0.2) is 0 Å². The Morgan fingerprint density at radius 2 is 2.17 bits per heavy atom. The SMILES string of the molecule is C[Si](C)(C)Cn1cc(CN)nn1. The monoisotopic (exact) mass is 184 g/mol. The molecule has 0 saturated carbocycles. The Bertz CT molecular complexity index is 250. The fraction of sp³-hybridized carbons (Fsp3) is 0.714. The average Bonchev–Trinajstić information content (AvgIpc) is 2.32. The van der Waals surface area contributed by atoms with E-state index in [9.17, 15) is 0 Å². The van der Waals surface area contributed by atoms with E-state index in [4.69, 9.17) is 5.73 Å². The maximum Gasteiger partial charge on any atom is 0.0962 e. The van der Waals surface area contributed by atoms with E-state index in [1.54, 1.807) is 0 Å². The van der Waals surface area contributed by atoms with Gasteiger partial charge in [-0.25, -0.2) is 0 Å². The van der Waals surface area contributed by atoms with Crippen molar-refractivity contribution in [1.82, 2.24) is 15.0 Å². The van der Waals surface area contributed by atoms with Crippen LogP contribution in [0.25, 0.3) is 0 Å². The van der Waals surface area contributed by atoms with E-state index in [0.29, 0.717) is 6.54 Å². The van der Waals surface area contributed by atoms with Gasteiger partial charge in [-0.15, -0.1) is 5.10 Å². The van der Waals surface area contributed by atoms with Crippen LogP contribution in [-0.4, -0.2) is 23.1 Å². The third-order valence-corrected chi connectivity index (χ3v) is 2.70.